The smallest absolute Gasteiger partial charge is 0.291 e. The first-order valence-corrected chi connectivity index (χ1v) is 7.87. The van der Waals surface area contributed by atoms with E-state index >= 15 is 0 Å². The van der Waals surface area contributed by atoms with Crippen molar-refractivity contribution >= 4 is 23.2 Å². The summed E-state index contributed by atoms with van der Waals surface area (Å²) in [6.45, 7) is 2.20. The molecule has 24 heavy (non-hydrogen) atoms. The van der Waals surface area contributed by atoms with Gasteiger partial charge in [0, 0.05) is 24.4 Å². The number of furan rings is 1. The minimum atomic E-state index is -0.342. The number of hydrogen-bond acceptors (Lipinski definition) is 4. The summed E-state index contributed by atoms with van der Waals surface area (Å²) in [4.78, 5) is 24.2. The van der Waals surface area contributed by atoms with Gasteiger partial charge in [0.15, 0.2) is 5.76 Å². The highest BCUT2D eigenvalue weighted by Crippen LogP contribution is 2.31. The average molecular weight is 328 g/mol. The fraction of sp³-hybridized carbons (Fsp3) is 0.333. The molecule has 1 aliphatic rings. The maximum Gasteiger partial charge on any atom is 0.291 e. The van der Waals surface area contributed by atoms with E-state index in [1.807, 2.05) is 19.1 Å². The number of amides is 2. The summed E-state index contributed by atoms with van der Waals surface area (Å²) < 4.78 is 10.4. The first-order chi connectivity index (χ1) is 11.6. The Morgan fingerprint density at radius 2 is 2.00 bits per heavy atom. The fourth-order valence-corrected chi connectivity index (χ4v) is 2.33. The number of benzene rings is 1. The van der Waals surface area contributed by atoms with Crippen molar-refractivity contribution in [2.45, 2.75) is 26.4 Å². The van der Waals surface area contributed by atoms with Gasteiger partial charge < -0.3 is 19.8 Å². The third-order valence-electron chi connectivity index (χ3n) is 3.87. The van der Waals surface area contributed by atoms with Crippen LogP contribution in [-0.2, 0) is 16.1 Å². The number of carbonyl (C=O) groups excluding carboxylic acids is 2. The van der Waals surface area contributed by atoms with Crippen molar-refractivity contribution in [3.8, 4) is 0 Å². The minimum absolute atomic E-state index is 0.0337. The molecule has 2 aromatic rings. The lowest BCUT2D eigenvalue weighted by Gasteiger charge is -2.11. The highest BCUT2D eigenvalue weighted by atomic mass is 16.5. The number of nitrogens with one attached hydrogen (secondary N) is 2. The van der Waals surface area contributed by atoms with Crippen molar-refractivity contribution in [1.29, 1.82) is 0 Å². The van der Waals surface area contributed by atoms with Crippen LogP contribution in [0, 0.1) is 12.8 Å². The van der Waals surface area contributed by atoms with Crippen molar-refractivity contribution in [3.63, 3.8) is 0 Å². The van der Waals surface area contributed by atoms with Crippen LogP contribution >= 0.6 is 0 Å². The van der Waals surface area contributed by atoms with Crippen LogP contribution in [0.15, 0.2) is 34.7 Å². The monoisotopic (exact) mass is 328 g/mol. The molecular formula is C18H20N2O4. The number of hydrogen-bond donors (Lipinski definition) is 2. The lowest BCUT2D eigenvalue weighted by atomic mass is 10.1. The van der Waals surface area contributed by atoms with E-state index in [0.29, 0.717) is 23.7 Å². The maximum atomic E-state index is 12.3. The average Bonchev–Trinajstić information content (AvgIpc) is 3.31. The molecule has 3 rings (SSSR count). The molecule has 0 aliphatic heterocycles. The SMILES string of the molecule is COCc1ccc(C(=O)Nc2cc(NC(=O)C3CC3)ccc2C)o1. The zero-order valence-corrected chi connectivity index (χ0v) is 13.7. The topological polar surface area (TPSA) is 80.6 Å². The Morgan fingerprint density at radius 3 is 2.71 bits per heavy atom. The number of methoxy groups -OCH3 is 1. The number of ether oxygens (including phenoxy) is 1. The third-order valence-corrected chi connectivity index (χ3v) is 3.87. The van der Waals surface area contributed by atoms with Crippen LogP contribution < -0.4 is 10.6 Å². The van der Waals surface area contributed by atoms with Crippen LogP contribution in [0.4, 0.5) is 11.4 Å². The van der Waals surface area contributed by atoms with E-state index in [4.69, 9.17) is 9.15 Å². The van der Waals surface area contributed by atoms with E-state index < -0.39 is 0 Å². The van der Waals surface area contributed by atoms with Gasteiger partial charge in [-0.3, -0.25) is 9.59 Å². The van der Waals surface area contributed by atoms with Crippen molar-refractivity contribution in [2.24, 2.45) is 5.92 Å². The molecule has 0 atom stereocenters. The molecule has 6 heteroatoms. The largest absolute Gasteiger partial charge is 0.453 e. The van der Waals surface area contributed by atoms with Crippen molar-refractivity contribution in [1.82, 2.24) is 0 Å². The normalized spacial score (nSPS) is 13.6. The van der Waals surface area contributed by atoms with Gasteiger partial charge in [-0.05, 0) is 49.6 Å². The van der Waals surface area contributed by atoms with Crippen molar-refractivity contribution in [3.05, 3.63) is 47.4 Å². The summed E-state index contributed by atoms with van der Waals surface area (Å²) in [5, 5.41) is 5.69. The molecular weight excluding hydrogens is 308 g/mol. The Labute approximate surface area is 140 Å². The van der Waals surface area contributed by atoms with Crippen molar-refractivity contribution < 1.29 is 18.7 Å². The van der Waals surface area contributed by atoms with E-state index in [0.717, 1.165) is 18.4 Å². The highest BCUT2D eigenvalue weighted by Gasteiger charge is 2.29. The first-order valence-electron chi connectivity index (χ1n) is 7.87. The molecule has 0 saturated heterocycles. The van der Waals surface area contributed by atoms with Gasteiger partial charge in [0.25, 0.3) is 5.91 Å². The van der Waals surface area contributed by atoms with E-state index in [-0.39, 0.29) is 23.5 Å². The molecule has 0 spiro atoms. The number of carbonyl (C=O) groups is 2. The molecule has 1 aliphatic carbocycles. The molecule has 0 unspecified atom stereocenters. The lowest BCUT2D eigenvalue weighted by Crippen LogP contribution is -2.15. The van der Waals surface area contributed by atoms with Gasteiger partial charge in [0.05, 0.1) is 0 Å². The molecule has 1 heterocycles. The number of rotatable bonds is 6. The van der Waals surface area contributed by atoms with E-state index in [1.54, 1.807) is 25.3 Å². The molecule has 2 amide bonds. The Hall–Kier alpha value is -2.60. The second-order valence-corrected chi connectivity index (χ2v) is 5.95. The van der Waals surface area contributed by atoms with Gasteiger partial charge in [-0.15, -0.1) is 0 Å². The Balaban J connectivity index is 1.70. The summed E-state index contributed by atoms with van der Waals surface area (Å²) in [6, 6.07) is 8.76. The van der Waals surface area contributed by atoms with Crippen LogP contribution in [0.2, 0.25) is 0 Å². The van der Waals surface area contributed by atoms with Gasteiger partial charge in [0.2, 0.25) is 5.91 Å². The zero-order chi connectivity index (χ0) is 17.1. The standard InChI is InChI=1S/C18H20N2O4/c1-11-3-6-13(19-17(21)12-4-5-12)9-15(11)20-18(22)16-8-7-14(24-16)10-23-2/h3,6-9,12H,4-5,10H2,1-2H3,(H,19,21)(H,20,22). The molecule has 1 fully saturated rings. The molecule has 1 saturated carbocycles. The summed E-state index contributed by atoms with van der Waals surface area (Å²) >= 11 is 0. The summed E-state index contributed by atoms with van der Waals surface area (Å²) in [5.41, 5.74) is 2.21. The van der Waals surface area contributed by atoms with E-state index in [9.17, 15) is 9.59 Å². The predicted octanol–water partition coefficient (Wildman–Crippen LogP) is 3.34. The minimum Gasteiger partial charge on any atom is -0.453 e. The second-order valence-electron chi connectivity index (χ2n) is 5.95. The van der Waals surface area contributed by atoms with Gasteiger partial charge in [0.1, 0.15) is 12.4 Å². The van der Waals surface area contributed by atoms with Crippen LogP contribution in [0.1, 0.15) is 34.7 Å². The van der Waals surface area contributed by atoms with Gasteiger partial charge >= 0.3 is 0 Å². The molecule has 1 aromatic heterocycles. The van der Waals surface area contributed by atoms with Gasteiger partial charge in [-0.1, -0.05) is 6.07 Å². The lowest BCUT2D eigenvalue weighted by molar-refractivity contribution is -0.117. The zero-order valence-electron chi connectivity index (χ0n) is 13.7. The summed E-state index contributed by atoms with van der Waals surface area (Å²) in [6.07, 6.45) is 1.90. The quantitative estimate of drug-likeness (QED) is 0.852. The molecule has 6 nitrogen and oxygen atoms in total. The fourth-order valence-electron chi connectivity index (χ4n) is 2.33. The van der Waals surface area contributed by atoms with E-state index in [1.165, 1.54) is 0 Å². The van der Waals surface area contributed by atoms with Crippen LogP contribution in [0.3, 0.4) is 0 Å². The summed E-state index contributed by atoms with van der Waals surface area (Å²) in [5.74, 6) is 0.628. The van der Waals surface area contributed by atoms with E-state index in [2.05, 4.69) is 10.6 Å². The Bertz CT molecular complexity index is 762. The van der Waals surface area contributed by atoms with Crippen molar-refractivity contribution in [2.75, 3.05) is 17.7 Å². The maximum absolute atomic E-state index is 12.3. The summed E-state index contributed by atoms with van der Waals surface area (Å²) in [7, 11) is 1.56. The van der Waals surface area contributed by atoms with Crippen LogP contribution in [-0.4, -0.2) is 18.9 Å². The first kappa shape index (κ1) is 16.3. The highest BCUT2D eigenvalue weighted by molar-refractivity contribution is 6.03. The Morgan fingerprint density at radius 1 is 1.21 bits per heavy atom. The third kappa shape index (κ3) is 3.83. The Kier molecular flexibility index (Phi) is 4.66. The van der Waals surface area contributed by atoms with Gasteiger partial charge in [-0.2, -0.15) is 0 Å². The van der Waals surface area contributed by atoms with Crippen LogP contribution in [0.5, 0.6) is 0 Å². The van der Waals surface area contributed by atoms with Crippen LogP contribution in [0.25, 0.3) is 0 Å². The molecule has 2 N–H and O–H groups in total. The second kappa shape index (κ2) is 6.88. The number of aryl methyl sites for hydroxylation is 1. The molecule has 1 aromatic carbocycles. The number of anilines is 2. The predicted molar refractivity (Wildman–Crippen MR) is 89.9 cm³/mol. The van der Waals surface area contributed by atoms with Gasteiger partial charge in [-0.25, -0.2) is 0 Å². The molecule has 126 valence electrons. The molecule has 0 radical (unpaired) electrons. The molecule has 0 bridgehead atoms.